The highest BCUT2D eigenvalue weighted by molar-refractivity contribution is 9.10. The summed E-state index contributed by atoms with van der Waals surface area (Å²) in [6.07, 6.45) is 4.52. The smallest absolute Gasteiger partial charge is 0.258 e. The van der Waals surface area contributed by atoms with Gasteiger partial charge in [-0.25, -0.2) is 4.98 Å². The van der Waals surface area contributed by atoms with E-state index in [1.807, 2.05) is 12.1 Å². The molecule has 0 unspecified atom stereocenters. The highest BCUT2D eigenvalue weighted by Gasteiger charge is 2.17. The Balaban J connectivity index is 1.80. The molecule has 0 atom stereocenters. The average Bonchev–Trinajstić information content (AvgIpc) is 2.80. The van der Waals surface area contributed by atoms with Crippen LogP contribution in [0.4, 0.5) is 5.13 Å². The lowest BCUT2D eigenvalue weighted by molar-refractivity contribution is 0.102. The molecule has 0 bridgehead atoms. The number of rotatable bonds is 2. The monoisotopic (exact) mass is 368 g/mol. The number of thiol groups is 1. The quantitative estimate of drug-likeness (QED) is 0.774. The van der Waals surface area contributed by atoms with Gasteiger partial charge in [0.15, 0.2) is 5.13 Å². The third kappa shape index (κ3) is 2.92. The standard InChI is InChI=1S/C14H13BrN2OS2/c15-8-5-6-9(11(19)7-8)13(18)17-14-16-10-3-1-2-4-12(10)20-14/h5-7,19H,1-4H2,(H,16,17,18). The van der Waals surface area contributed by atoms with Gasteiger partial charge in [0.05, 0.1) is 11.3 Å². The topological polar surface area (TPSA) is 42.0 Å². The van der Waals surface area contributed by atoms with Gasteiger partial charge in [-0.1, -0.05) is 15.9 Å². The van der Waals surface area contributed by atoms with Crippen molar-refractivity contribution in [1.82, 2.24) is 4.98 Å². The molecule has 0 saturated heterocycles. The van der Waals surface area contributed by atoms with Gasteiger partial charge in [0.1, 0.15) is 0 Å². The number of aryl methyl sites for hydroxylation is 2. The van der Waals surface area contributed by atoms with Crippen LogP contribution in [-0.4, -0.2) is 10.9 Å². The molecule has 1 aliphatic carbocycles. The molecule has 0 aliphatic heterocycles. The molecule has 0 spiro atoms. The van der Waals surface area contributed by atoms with Crippen LogP contribution in [0.5, 0.6) is 0 Å². The first-order valence-corrected chi connectivity index (χ1v) is 8.47. The van der Waals surface area contributed by atoms with Crippen LogP contribution in [0.15, 0.2) is 27.6 Å². The summed E-state index contributed by atoms with van der Waals surface area (Å²) in [5, 5.41) is 3.57. The summed E-state index contributed by atoms with van der Waals surface area (Å²) >= 11 is 9.29. The third-order valence-corrected chi connectivity index (χ3v) is 5.21. The van der Waals surface area contributed by atoms with Gasteiger partial charge in [-0.3, -0.25) is 10.1 Å². The van der Waals surface area contributed by atoms with E-state index in [-0.39, 0.29) is 5.91 Å². The Morgan fingerprint density at radius 2 is 2.15 bits per heavy atom. The van der Waals surface area contributed by atoms with Crippen LogP contribution < -0.4 is 5.32 Å². The summed E-state index contributed by atoms with van der Waals surface area (Å²) in [5.74, 6) is -0.159. The highest BCUT2D eigenvalue weighted by atomic mass is 79.9. The van der Waals surface area contributed by atoms with Crippen LogP contribution in [0.2, 0.25) is 0 Å². The van der Waals surface area contributed by atoms with Crippen molar-refractivity contribution >= 4 is 50.9 Å². The fourth-order valence-corrected chi connectivity index (χ4v) is 4.16. The molecule has 0 saturated carbocycles. The molecule has 1 aromatic heterocycles. The molecule has 2 aromatic rings. The summed E-state index contributed by atoms with van der Waals surface area (Å²) in [7, 11) is 0. The summed E-state index contributed by atoms with van der Waals surface area (Å²) in [4.78, 5) is 18.7. The van der Waals surface area contributed by atoms with Gasteiger partial charge < -0.3 is 0 Å². The Labute approximate surface area is 135 Å². The van der Waals surface area contributed by atoms with Crippen molar-refractivity contribution in [2.24, 2.45) is 0 Å². The number of benzene rings is 1. The maximum atomic E-state index is 12.3. The number of aromatic nitrogens is 1. The van der Waals surface area contributed by atoms with Crippen LogP contribution in [0.25, 0.3) is 0 Å². The Morgan fingerprint density at radius 3 is 2.90 bits per heavy atom. The largest absolute Gasteiger partial charge is 0.298 e. The van der Waals surface area contributed by atoms with E-state index in [0.717, 1.165) is 23.0 Å². The minimum absolute atomic E-state index is 0.159. The summed E-state index contributed by atoms with van der Waals surface area (Å²) in [5.41, 5.74) is 1.71. The SMILES string of the molecule is O=C(Nc1nc2c(s1)CCCC2)c1ccc(Br)cc1S. The van der Waals surface area contributed by atoms with Crippen molar-refractivity contribution in [3.8, 4) is 0 Å². The number of carbonyl (C=O) groups is 1. The summed E-state index contributed by atoms with van der Waals surface area (Å²) in [6, 6.07) is 5.40. The van der Waals surface area contributed by atoms with E-state index in [9.17, 15) is 4.79 Å². The first-order valence-electron chi connectivity index (χ1n) is 6.42. The van der Waals surface area contributed by atoms with E-state index < -0.39 is 0 Å². The number of thiazole rings is 1. The molecule has 1 aliphatic rings. The molecule has 3 nitrogen and oxygen atoms in total. The van der Waals surface area contributed by atoms with Crippen LogP contribution >= 0.6 is 39.9 Å². The maximum absolute atomic E-state index is 12.3. The Morgan fingerprint density at radius 1 is 1.35 bits per heavy atom. The Bertz CT molecular complexity index is 646. The van der Waals surface area contributed by atoms with Crippen molar-refractivity contribution in [2.45, 2.75) is 30.6 Å². The predicted molar refractivity (Wildman–Crippen MR) is 88.1 cm³/mol. The van der Waals surface area contributed by atoms with Crippen molar-refractivity contribution in [3.63, 3.8) is 0 Å². The number of hydrogen-bond donors (Lipinski definition) is 2. The Kier molecular flexibility index (Phi) is 4.14. The van der Waals surface area contributed by atoms with Crippen molar-refractivity contribution in [1.29, 1.82) is 0 Å². The minimum atomic E-state index is -0.159. The molecule has 1 N–H and O–H groups in total. The fourth-order valence-electron chi connectivity index (χ4n) is 2.27. The zero-order valence-corrected chi connectivity index (χ0v) is 13.9. The molecule has 1 aromatic carbocycles. The number of nitrogens with one attached hydrogen (secondary N) is 1. The molecule has 3 rings (SSSR count). The molecule has 104 valence electrons. The van der Waals surface area contributed by atoms with Gasteiger partial charge in [-0.2, -0.15) is 0 Å². The molecule has 1 heterocycles. The van der Waals surface area contributed by atoms with E-state index in [1.54, 1.807) is 17.4 Å². The zero-order valence-electron chi connectivity index (χ0n) is 10.6. The predicted octanol–water partition coefficient (Wildman–Crippen LogP) is 4.33. The van der Waals surface area contributed by atoms with Gasteiger partial charge in [0, 0.05) is 14.2 Å². The lowest BCUT2D eigenvalue weighted by Crippen LogP contribution is -2.12. The summed E-state index contributed by atoms with van der Waals surface area (Å²) < 4.78 is 0.906. The average molecular weight is 369 g/mol. The lowest BCUT2D eigenvalue weighted by Gasteiger charge is -2.06. The molecule has 20 heavy (non-hydrogen) atoms. The van der Waals surface area contributed by atoms with Crippen LogP contribution in [-0.2, 0) is 12.8 Å². The lowest BCUT2D eigenvalue weighted by atomic mass is 10.0. The number of carbonyl (C=O) groups excluding carboxylic acids is 1. The summed E-state index contributed by atoms with van der Waals surface area (Å²) in [6.45, 7) is 0. The van der Waals surface area contributed by atoms with E-state index in [0.29, 0.717) is 15.6 Å². The van der Waals surface area contributed by atoms with E-state index in [4.69, 9.17) is 0 Å². The van der Waals surface area contributed by atoms with Crippen LogP contribution in [0, 0.1) is 0 Å². The van der Waals surface area contributed by atoms with Crippen molar-refractivity contribution in [3.05, 3.63) is 38.8 Å². The molecular weight excluding hydrogens is 356 g/mol. The molecule has 1 amide bonds. The first kappa shape index (κ1) is 14.1. The second-order valence-electron chi connectivity index (χ2n) is 4.71. The van der Waals surface area contributed by atoms with E-state index in [1.165, 1.54) is 17.7 Å². The van der Waals surface area contributed by atoms with Gasteiger partial charge in [-0.05, 0) is 43.9 Å². The van der Waals surface area contributed by atoms with Crippen LogP contribution in [0.1, 0.15) is 33.8 Å². The van der Waals surface area contributed by atoms with Crippen LogP contribution in [0.3, 0.4) is 0 Å². The minimum Gasteiger partial charge on any atom is -0.298 e. The normalized spacial score (nSPS) is 13.9. The van der Waals surface area contributed by atoms with Gasteiger partial charge in [-0.15, -0.1) is 24.0 Å². The second-order valence-corrected chi connectivity index (χ2v) is 7.19. The van der Waals surface area contributed by atoms with Crippen molar-refractivity contribution < 1.29 is 4.79 Å². The van der Waals surface area contributed by atoms with E-state index >= 15 is 0 Å². The van der Waals surface area contributed by atoms with Gasteiger partial charge in [0.25, 0.3) is 5.91 Å². The number of halogens is 1. The first-order chi connectivity index (χ1) is 9.63. The molecule has 0 fully saturated rings. The fraction of sp³-hybridized carbons (Fsp3) is 0.286. The third-order valence-electron chi connectivity index (χ3n) is 3.27. The molecule has 0 radical (unpaired) electrons. The van der Waals surface area contributed by atoms with Gasteiger partial charge >= 0.3 is 0 Å². The van der Waals surface area contributed by atoms with Crippen molar-refractivity contribution in [2.75, 3.05) is 5.32 Å². The van der Waals surface area contributed by atoms with Gasteiger partial charge in [0.2, 0.25) is 0 Å². The second kappa shape index (κ2) is 5.87. The van der Waals surface area contributed by atoms with E-state index in [2.05, 4.69) is 38.9 Å². The molecule has 6 heteroatoms. The molecular formula is C14H13BrN2OS2. The maximum Gasteiger partial charge on any atom is 0.258 e. The number of hydrogen-bond acceptors (Lipinski definition) is 4. The number of fused-ring (bicyclic) bond motifs is 1. The Hall–Kier alpha value is -0.850. The number of anilines is 1. The zero-order chi connectivity index (χ0) is 14.1. The number of nitrogens with zero attached hydrogens (tertiary/aromatic N) is 1. The number of amides is 1. The highest BCUT2D eigenvalue weighted by Crippen LogP contribution is 2.30.